The lowest BCUT2D eigenvalue weighted by molar-refractivity contribution is -0.148. The maximum absolute atomic E-state index is 11.0. The minimum Gasteiger partial charge on any atom is -0.464 e. The Hall–Kier alpha value is -1.55. The van der Waals surface area contributed by atoms with Crippen molar-refractivity contribution < 1.29 is 14.3 Å². The van der Waals surface area contributed by atoms with E-state index in [1.54, 1.807) is 6.92 Å². The number of benzene rings is 1. The molecule has 0 spiro atoms. The summed E-state index contributed by atoms with van der Waals surface area (Å²) in [7, 11) is 0. The van der Waals surface area contributed by atoms with E-state index in [1.165, 1.54) is 11.1 Å². The molecule has 0 heterocycles. The molecule has 100 valence electrons. The summed E-state index contributed by atoms with van der Waals surface area (Å²) in [6.45, 7) is 7.50. The fraction of sp³-hybridized carbons (Fsp3) is 0.500. The van der Waals surface area contributed by atoms with Gasteiger partial charge in [0.25, 0.3) is 0 Å². The SMILES string of the molecule is CCOC(=O)COCCNc1ccc(C)c(C)c1. The molecule has 1 aromatic carbocycles. The molecular weight excluding hydrogens is 230 g/mol. The number of nitrogens with one attached hydrogen (secondary N) is 1. The zero-order valence-electron chi connectivity index (χ0n) is 11.3. The second-order valence-corrected chi connectivity index (χ2v) is 4.08. The molecule has 0 amide bonds. The van der Waals surface area contributed by atoms with Crippen molar-refractivity contribution in [3.8, 4) is 0 Å². The van der Waals surface area contributed by atoms with Gasteiger partial charge in [0.15, 0.2) is 0 Å². The number of hydrogen-bond donors (Lipinski definition) is 1. The smallest absolute Gasteiger partial charge is 0.332 e. The van der Waals surface area contributed by atoms with E-state index in [9.17, 15) is 4.79 Å². The van der Waals surface area contributed by atoms with Crippen LogP contribution < -0.4 is 5.32 Å². The highest BCUT2D eigenvalue weighted by Crippen LogP contribution is 2.13. The predicted molar refractivity (Wildman–Crippen MR) is 71.9 cm³/mol. The average Bonchev–Trinajstić information content (AvgIpc) is 2.33. The van der Waals surface area contributed by atoms with Gasteiger partial charge in [0.2, 0.25) is 0 Å². The first-order valence-electron chi connectivity index (χ1n) is 6.18. The molecule has 0 fully saturated rings. The molecular formula is C14H21NO3. The fourth-order valence-electron chi connectivity index (χ4n) is 1.48. The lowest BCUT2D eigenvalue weighted by Gasteiger charge is -2.09. The highest BCUT2D eigenvalue weighted by Gasteiger charge is 2.00. The number of hydrogen-bond acceptors (Lipinski definition) is 4. The van der Waals surface area contributed by atoms with Gasteiger partial charge in [-0.1, -0.05) is 6.07 Å². The zero-order valence-corrected chi connectivity index (χ0v) is 11.3. The van der Waals surface area contributed by atoms with Crippen LogP contribution in [0.2, 0.25) is 0 Å². The molecule has 0 bridgehead atoms. The summed E-state index contributed by atoms with van der Waals surface area (Å²) in [5.74, 6) is -0.316. The fourth-order valence-corrected chi connectivity index (χ4v) is 1.48. The van der Waals surface area contributed by atoms with Crippen LogP contribution in [0.15, 0.2) is 18.2 Å². The van der Waals surface area contributed by atoms with Crippen LogP contribution in [0, 0.1) is 13.8 Å². The molecule has 0 saturated heterocycles. The van der Waals surface area contributed by atoms with Crippen LogP contribution in [0.25, 0.3) is 0 Å². The van der Waals surface area contributed by atoms with Crippen LogP contribution in [0.1, 0.15) is 18.1 Å². The van der Waals surface area contributed by atoms with Gasteiger partial charge in [0.1, 0.15) is 6.61 Å². The first-order valence-corrected chi connectivity index (χ1v) is 6.18. The second kappa shape index (κ2) is 7.71. The Balaban J connectivity index is 2.18. The monoisotopic (exact) mass is 251 g/mol. The summed E-state index contributed by atoms with van der Waals surface area (Å²) in [6.07, 6.45) is 0. The topological polar surface area (TPSA) is 47.6 Å². The average molecular weight is 251 g/mol. The van der Waals surface area contributed by atoms with Gasteiger partial charge < -0.3 is 14.8 Å². The molecule has 0 atom stereocenters. The van der Waals surface area contributed by atoms with E-state index in [0.29, 0.717) is 19.8 Å². The molecule has 0 radical (unpaired) electrons. The number of esters is 1. The van der Waals surface area contributed by atoms with E-state index < -0.39 is 0 Å². The van der Waals surface area contributed by atoms with Crippen molar-refractivity contribution >= 4 is 11.7 Å². The summed E-state index contributed by atoms with van der Waals surface area (Å²) < 4.78 is 9.94. The minimum atomic E-state index is -0.316. The number of carbonyl (C=O) groups is 1. The van der Waals surface area contributed by atoms with Crippen LogP contribution >= 0.6 is 0 Å². The largest absolute Gasteiger partial charge is 0.464 e. The highest BCUT2D eigenvalue weighted by atomic mass is 16.6. The van der Waals surface area contributed by atoms with Crippen molar-refractivity contribution in [3.63, 3.8) is 0 Å². The van der Waals surface area contributed by atoms with Gasteiger partial charge in [-0.25, -0.2) is 4.79 Å². The Morgan fingerprint density at radius 1 is 1.28 bits per heavy atom. The molecule has 1 N–H and O–H groups in total. The maximum Gasteiger partial charge on any atom is 0.332 e. The third kappa shape index (κ3) is 5.19. The van der Waals surface area contributed by atoms with Crippen molar-refractivity contribution in [1.82, 2.24) is 0 Å². The Morgan fingerprint density at radius 2 is 2.06 bits per heavy atom. The minimum absolute atomic E-state index is 0.0163. The Kier molecular flexibility index (Phi) is 6.22. The second-order valence-electron chi connectivity index (χ2n) is 4.08. The molecule has 4 heteroatoms. The zero-order chi connectivity index (χ0) is 13.4. The summed E-state index contributed by atoms with van der Waals surface area (Å²) in [5.41, 5.74) is 3.60. The van der Waals surface area contributed by atoms with E-state index in [1.807, 2.05) is 6.07 Å². The van der Waals surface area contributed by atoms with Crippen LogP contribution in [0.3, 0.4) is 0 Å². The van der Waals surface area contributed by atoms with Crippen LogP contribution in [0.4, 0.5) is 5.69 Å². The van der Waals surface area contributed by atoms with Gasteiger partial charge in [0.05, 0.1) is 13.2 Å². The van der Waals surface area contributed by atoms with E-state index in [-0.39, 0.29) is 12.6 Å². The maximum atomic E-state index is 11.0. The molecule has 1 rings (SSSR count). The summed E-state index contributed by atoms with van der Waals surface area (Å²) >= 11 is 0. The number of rotatable bonds is 7. The third-order valence-electron chi connectivity index (χ3n) is 2.61. The summed E-state index contributed by atoms with van der Waals surface area (Å²) in [6, 6.07) is 6.21. The van der Waals surface area contributed by atoms with Crippen LogP contribution in [0.5, 0.6) is 0 Å². The van der Waals surface area contributed by atoms with Crippen molar-refractivity contribution in [1.29, 1.82) is 0 Å². The molecule has 18 heavy (non-hydrogen) atoms. The molecule has 0 aliphatic rings. The van der Waals surface area contributed by atoms with Gasteiger partial charge in [-0.2, -0.15) is 0 Å². The van der Waals surface area contributed by atoms with Gasteiger partial charge in [-0.15, -0.1) is 0 Å². The van der Waals surface area contributed by atoms with E-state index >= 15 is 0 Å². The molecule has 1 aromatic rings. The number of carbonyl (C=O) groups excluding carboxylic acids is 1. The first-order chi connectivity index (χ1) is 8.63. The van der Waals surface area contributed by atoms with E-state index in [0.717, 1.165) is 5.69 Å². The van der Waals surface area contributed by atoms with E-state index in [2.05, 4.69) is 31.3 Å². The number of aryl methyl sites for hydroxylation is 2. The summed E-state index contributed by atoms with van der Waals surface area (Å²) in [5, 5.41) is 3.24. The van der Waals surface area contributed by atoms with Gasteiger partial charge >= 0.3 is 5.97 Å². The normalized spacial score (nSPS) is 10.2. The molecule has 0 aliphatic heterocycles. The quantitative estimate of drug-likeness (QED) is 0.596. The van der Waals surface area contributed by atoms with Crippen LogP contribution in [-0.2, 0) is 14.3 Å². The first kappa shape index (κ1) is 14.5. The third-order valence-corrected chi connectivity index (χ3v) is 2.61. The molecule has 0 aliphatic carbocycles. The Bertz CT molecular complexity index is 391. The van der Waals surface area contributed by atoms with Gasteiger partial charge in [-0.3, -0.25) is 0 Å². The summed E-state index contributed by atoms with van der Waals surface area (Å²) in [4.78, 5) is 11.0. The molecule has 0 aromatic heterocycles. The number of ether oxygens (including phenoxy) is 2. The lowest BCUT2D eigenvalue weighted by atomic mass is 10.1. The highest BCUT2D eigenvalue weighted by molar-refractivity contribution is 5.70. The van der Waals surface area contributed by atoms with E-state index in [4.69, 9.17) is 9.47 Å². The Morgan fingerprint density at radius 3 is 2.72 bits per heavy atom. The van der Waals surface area contributed by atoms with Gasteiger partial charge in [0, 0.05) is 12.2 Å². The molecule has 4 nitrogen and oxygen atoms in total. The Labute approximate surface area is 108 Å². The van der Waals surface area contributed by atoms with Crippen molar-refractivity contribution in [3.05, 3.63) is 29.3 Å². The van der Waals surface area contributed by atoms with Crippen molar-refractivity contribution in [2.45, 2.75) is 20.8 Å². The van der Waals surface area contributed by atoms with Crippen molar-refractivity contribution in [2.75, 3.05) is 31.7 Å². The predicted octanol–water partition coefficient (Wildman–Crippen LogP) is 2.30. The lowest BCUT2D eigenvalue weighted by Crippen LogP contribution is -2.16. The standard InChI is InChI=1S/C14H21NO3/c1-4-18-14(16)10-17-8-7-15-13-6-5-11(2)12(3)9-13/h5-6,9,15H,4,7-8,10H2,1-3H3. The van der Waals surface area contributed by atoms with Crippen LogP contribution in [-0.4, -0.2) is 32.3 Å². The van der Waals surface area contributed by atoms with Gasteiger partial charge in [-0.05, 0) is 44.0 Å². The number of anilines is 1. The van der Waals surface area contributed by atoms with Crippen molar-refractivity contribution in [2.24, 2.45) is 0 Å². The molecule has 0 saturated carbocycles. The molecule has 0 unspecified atom stereocenters.